The molecule has 1 heterocycles. The molecule has 1 aliphatic rings. The van der Waals surface area contributed by atoms with E-state index in [1.54, 1.807) is 0 Å². The summed E-state index contributed by atoms with van der Waals surface area (Å²) in [5, 5.41) is 0. The lowest BCUT2D eigenvalue weighted by atomic mass is 10.2. The molecule has 0 saturated carbocycles. The molecule has 1 rings (SSSR count). The van der Waals surface area contributed by atoms with Crippen molar-refractivity contribution in [2.45, 2.75) is 38.8 Å². The molecular formula is C8H20Cl2N2. The van der Waals surface area contributed by atoms with Crippen LogP contribution in [0, 0.1) is 0 Å². The number of rotatable bonds is 2. The van der Waals surface area contributed by atoms with Gasteiger partial charge in [0.1, 0.15) is 0 Å². The van der Waals surface area contributed by atoms with E-state index in [0.717, 1.165) is 12.6 Å². The van der Waals surface area contributed by atoms with E-state index in [9.17, 15) is 0 Å². The van der Waals surface area contributed by atoms with Gasteiger partial charge >= 0.3 is 0 Å². The van der Waals surface area contributed by atoms with Crippen LogP contribution in [0.1, 0.15) is 26.7 Å². The number of hydrogen-bond acceptors (Lipinski definition) is 2. The molecule has 0 radical (unpaired) electrons. The van der Waals surface area contributed by atoms with Gasteiger partial charge in [-0.1, -0.05) is 0 Å². The molecule has 0 aliphatic carbocycles. The van der Waals surface area contributed by atoms with Gasteiger partial charge in [-0.25, -0.2) is 0 Å². The lowest BCUT2D eigenvalue weighted by Gasteiger charge is -2.22. The maximum Gasteiger partial charge on any atom is 0.0139 e. The fourth-order valence-corrected chi connectivity index (χ4v) is 1.63. The average Bonchev–Trinajstić information content (AvgIpc) is 2.15. The number of halogens is 2. The summed E-state index contributed by atoms with van der Waals surface area (Å²) < 4.78 is 0. The minimum absolute atomic E-state index is 0. The quantitative estimate of drug-likeness (QED) is 0.759. The molecule has 0 bridgehead atoms. The van der Waals surface area contributed by atoms with Gasteiger partial charge in [-0.2, -0.15) is 0 Å². The van der Waals surface area contributed by atoms with Crippen LogP contribution >= 0.6 is 24.8 Å². The third-order valence-corrected chi connectivity index (χ3v) is 2.21. The standard InChI is InChI=1S/C8H18N2.2ClH/c1-7(9)6-10-5-3-4-8(10)2;;/h7-8H,3-6,9H2,1-2H3;2*1H/t7?,8-;;/m0../s1. The zero-order chi connectivity index (χ0) is 7.56. The van der Waals surface area contributed by atoms with E-state index in [1.165, 1.54) is 19.4 Å². The summed E-state index contributed by atoms with van der Waals surface area (Å²) in [6, 6.07) is 1.10. The smallest absolute Gasteiger partial charge is 0.0139 e. The Balaban J connectivity index is 0. The summed E-state index contributed by atoms with van der Waals surface area (Å²) in [4.78, 5) is 2.48. The molecule has 2 nitrogen and oxygen atoms in total. The summed E-state index contributed by atoms with van der Waals surface area (Å²) in [7, 11) is 0. The Morgan fingerprint density at radius 3 is 2.42 bits per heavy atom. The maximum absolute atomic E-state index is 5.69. The van der Waals surface area contributed by atoms with Crippen LogP contribution in [0.15, 0.2) is 0 Å². The van der Waals surface area contributed by atoms with E-state index >= 15 is 0 Å². The van der Waals surface area contributed by atoms with Gasteiger partial charge in [0.05, 0.1) is 0 Å². The van der Waals surface area contributed by atoms with Gasteiger partial charge in [0, 0.05) is 18.6 Å². The number of likely N-dealkylation sites (tertiary alicyclic amines) is 1. The second-order valence-corrected chi connectivity index (χ2v) is 3.46. The fraction of sp³-hybridized carbons (Fsp3) is 1.00. The van der Waals surface area contributed by atoms with Crippen LogP contribution in [0.5, 0.6) is 0 Å². The van der Waals surface area contributed by atoms with Crippen molar-refractivity contribution in [3.05, 3.63) is 0 Å². The van der Waals surface area contributed by atoms with Gasteiger partial charge in [0.15, 0.2) is 0 Å². The maximum atomic E-state index is 5.69. The van der Waals surface area contributed by atoms with E-state index in [0.29, 0.717) is 6.04 Å². The van der Waals surface area contributed by atoms with Crippen molar-refractivity contribution in [2.24, 2.45) is 5.73 Å². The van der Waals surface area contributed by atoms with Gasteiger partial charge < -0.3 is 5.73 Å². The zero-order valence-corrected chi connectivity index (χ0v) is 9.46. The van der Waals surface area contributed by atoms with Gasteiger partial charge in [-0.15, -0.1) is 24.8 Å². The van der Waals surface area contributed by atoms with Crippen molar-refractivity contribution in [2.75, 3.05) is 13.1 Å². The van der Waals surface area contributed by atoms with Gasteiger partial charge in [0.25, 0.3) is 0 Å². The molecule has 1 aliphatic heterocycles. The third-order valence-electron chi connectivity index (χ3n) is 2.21. The Hall–Kier alpha value is 0.500. The molecule has 1 fully saturated rings. The predicted molar refractivity (Wildman–Crippen MR) is 58.4 cm³/mol. The van der Waals surface area contributed by atoms with Crippen LogP contribution < -0.4 is 5.73 Å². The zero-order valence-electron chi connectivity index (χ0n) is 7.82. The van der Waals surface area contributed by atoms with Gasteiger partial charge in [0.2, 0.25) is 0 Å². The molecule has 1 unspecified atom stereocenters. The van der Waals surface area contributed by atoms with Crippen molar-refractivity contribution < 1.29 is 0 Å². The summed E-state index contributed by atoms with van der Waals surface area (Å²) in [5.74, 6) is 0. The van der Waals surface area contributed by atoms with Crippen molar-refractivity contribution in [3.63, 3.8) is 0 Å². The van der Waals surface area contributed by atoms with Gasteiger partial charge in [-0.05, 0) is 33.2 Å². The topological polar surface area (TPSA) is 29.3 Å². The highest BCUT2D eigenvalue weighted by atomic mass is 35.5. The van der Waals surface area contributed by atoms with Crippen molar-refractivity contribution in [3.8, 4) is 0 Å². The van der Waals surface area contributed by atoms with E-state index in [2.05, 4.69) is 18.7 Å². The number of nitrogens with two attached hydrogens (primary N) is 1. The molecule has 0 aromatic carbocycles. The van der Waals surface area contributed by atoms with Crippen LogP contribution in [0.3, 0.4) is 0 Å². The first kappa shape index (κ1) is 15.0. The molecule has 2 N–H and O–H groups in total. The van der Waals surface area contributed by atoms with Gasteiger partial charge in [-0.3, -0.25) is 4.90 Å². The normalized spacial score (nSPS) is 25.8. The second-order valence-electron chi connectivity index (χ2n) is 3.46. The highest BCUT2D eigenvalue weighted by molar-refractivity contribution is 5.85. The second kappa shape index (κ2) is 6.96. The first-order valence-electron chi connectivity index (χ1n) is 4.20. The van der Waals surface area contributed by atoms with Crippen molar-refractivity contribution in [1.82, 2.24) is 4.90 Å². The Morgan fingerprint density at radius 1 is 1.50 bits per heavy atom. The largest absolute Gasteiger partial charge is 0.327 e. The predicted octanol–water partition coefficient (Wildman–Crippen LogP) is 1.66. The minimum Gasteiger partial charge on any atom is -0.327 e. The molecule has 4 heteroatoms. The Kier molecular flexibility index (Phi) is 8.69. The third kappa shape index (κ3) is 4.51. The molecule has 0 spiro atoms. The monoisotopic (exact) mass is 214 g/mol. The molecular weight excluding hydrogens is 195 g/mol. The molecule has 0 aromatic rings. The van der Waals surface area contributed by atoms with Crippen molar-refractivity contribution in [1.29, 1.82) is 0 Å². The fourth-order valence-electron chi connectivity index (χ4n) is 1.63. The lowest BCUT2D eigenvalue weighted by Crippen LogP contribution is -2.37. The summed E-state index contributed by atoms with van der Waals surface area (Å²) in [6.07, 6.45) is 2.71. The molecule has 0 amide bonds. The van der Waals surface area contributed by atoms with Crippen LogP contribution in [0.25, 0.3) is 0 Å². The SMILES string of the molecule is CC(N)CN1CCC[C@@H]1C.Cl.Cl. The minimum atomic E-state index is 0. The molecule has 76 valence electrons. The van der Waals surface area contributed by atoms with Crippen LogP contribution in [-0.4, -0.2) is 30.1 Å². The average molecular weight is 215 g/mol. The van der Waals surface area contributed by atoms with Crippen LogP contribution in [0.4, 0.5) is 0 Å². The summed E-state index contributed by atoms with van der Waals surface area (Å²) >= 11 is 0. The molecule has 2 atom stereocenters. The van der Waals surface area contributed by atoms with Crippen LogP contribution in [-0.2, 0) is 0 Å². The summed E-state index contributed by atoms with van der Waals surface area (Å²) in [5.41, 5.74) is 5.69. The molecule has 0 aromatic heterocycles. The first-order valence-corrected chi connectivity index (χ1v) is 4.20. The Labute approximate surface area is 87.7 Å². The molecule has 12 heavy (non-hydrogen) atoms. The lowest BCUT2D eigenvalue weighted by molar-refractivity contribution is 0.256. The van der Waals surface area contributed by atoms with Crippen molar-refractivity contribution >= 4 is 24.8 Å². The van der Waals surface area contributed by atoms with E-state index < -0.39 is 0 Å². The first-order chi connectivity index (χ1) is 4.70. The highest BCUT2D eigenvalue weighted by Gasteiger charge is 2.20. The molecule has 1 saturated heterocycles. The summed E-state index contributed by atoms with van der Waals surface area (Å²) in [6.45, 7) is 6.68. The highest BCUT2D eigenvalue weighted by Crippen LogP contribution is 2.15. The van der Waals surface area contributed by atoms with Crippen LogP contribution in [0.2, 0.25) is 0 Å². The van der Waals surface area contributed by atoms with E-state index in [1.807, 2.05) is 0 Å². The Morgan fingerprint density at radius 2 is 2.08 bits per heavy atom. The van der Waals surface area contributed by atoms with E-state index in [4.69, 9.17) is 5.73 Å². The Bertz CT molecular complexity index is 109. The number of nitrogens with zero attached hydrogens (tertiary/aromatic N) is 1. The number of hydrogen-bond donors (Lipinski definition) is 1. The van der Waals surface area contributed by atoms with E-state index in [-0.39, 0.29) is 24.8 Å².